The number of benzene rings is 1. The van der Waals surface area contributed by atoms with Crippen LogP contribution in [0.3, 0.4) is 0 Å². The second-order valence-corrected chi connectivity index (χ2v) is 4.60. The molecule has 0 radical (unpaired) electrons. The number of hydrogen-bond acceptors (Lipinski definition) is 4. The highest BCUT2D eigenvalue weighted by molar-refractivity contribution is 5.72. The van der Waals surface area contributed by atoms with Crippen LogP contribution in [0, 0.1) is 0 Å². The van der Waals surface area contributed by atoms with Crippen LogP contribution >= 0.6 is 0 Å². The molecular formula is C13H13NO3. The number of nitrogens with zero attached hydrogens (tertiary/aromatic N) is 1. The maximum absolute atomic E-state index is 9.28. The normalized spacial score (nSPS) is 15.9. The molecule has 2 aromatic rings. The molecule has 0 bridgehead atoms. The third-order valence-corrected chi connectivity index (χ3v) is 3.01. The number of ether oxygens (including phenoxy) is 1. The van der Waals surface area contributed by atoms with Crippen LogP contribution in [0.4, 0.5) is 0 Å². The first-order chi connectivity index (χ1) is 8.13. The first-order valence-electron chi connectivity index (χ1n) is 5.52. The zero-order chi connectivity index (χ0) is 12.0. The average molecular weight is 231 g/mol. The Morgan fingerprint density at radius 1 is 1.29 bits per heavy atom. The first kappa shape index (κ1) is 10.4. The molecule has 4 heteroatoms. The van der Waals surface area contributed by atoms with E-state index in [1.54, 1.807) is 0 Å². The van der Waals surface area contributed by atoms with Gasteiger partial charge in [0, 0.05) is 0 Å². The summed E-state index contributed by atoms with van der Waals surface area (Å²) in [5.74, 6) is 1.48. The van der Waals surface area contributed by atoms with Crippen LogP contribution in [0.1, 0.15) is 25.1 Å². The predicted molar refractivity (Wildman–Crippen MR) is 61.5 cm³/mol. The molecule has 0 atom stereocenters. The van der Waals surface area contributed by atoms with Gasteiger partial charge in [0.2, 0.25) is 0 Å². The third-order valence-electron chi connectivity index (χ3n) is 3.01. The molecule has 0 unspecified atom stereocenters. The summed E-state index contributed by atoms with van der Waals surface area (Å²) < 4.78 is 11.3. The van der Waals surface area contributed by atoms with E-state index in [-0.39, 0.29) is 6.61 Å². The Kier molecular flexibility index (Phi) is 2.03. The van der Waals surface area contributed by atoms with Gasteiger partial charge in [-0.25, -0.2) is 0 Å². The van der Waals surface area contributed by atoms with E-state index in [1.807, 2.05) is 38.1 Å². The van der Waals surface area contributed by atoms with E-state index in [1.165, 1.54) is 0 Å². The summed E-state index contributed by atoms with van der Waals surface area (Å²) in [4.78, 5) is 0. The van der Waals surface area contributed by atoms with E-state index in [2.05, 4.69) is 5.16 Å². The monoisotopic (exact) mass is 231 g/mol. The molecule has 1 aromatic carbocycles. The van der Waals surface area contributed by atoms with Gasteiger partial charge in [0.15, 0.2) is 5.76 Å². The molecule has 4 nitrogen and oxygen atoms in total. The van der Waals surface area contributed by atoms with Crippen molar-refractivity contribution >= 4 is 0 Å². The predicted octanol–water partition coefficient (Wildman–Crippen LogP) is 2.46. The summed E-state index contributed by atoms with van der Waals surface area (Å²) >= 11 is 0. The Balaban J connectivity index is 2.31. The fourth-order valence-electron chi connectivity index (χ4n) is 2.30. The Hall–Kier alpha value is -1.81. The van der Waals surface area contributed by atoms with Crippen LogP contribution < -0.4 is 4.74 Å². The van der Waals surface area contributed by atoms with Crippen LogP contribution in [0.2, 0.25) is 0 Å². The van der Waals surface area contributed by atoms with E-state index in [0.717, 1.165) is 16.9 Å². The summed E-state index contributed by atoms with van der Waals surface area (Å²) in [5.41, 5.74) is 1.72. The zero-order valence-corrected chi connectivity index (χ0v) is 9.73. The van der Waals surface area contributed by atoms with Gasteiger partial charge in [-0.05, 0) is 26.0 Å². The second kappa shape index (κ2) is 3.34. The highest BCUT2D eigenvalue weighted by Gasteiger charge is 2.38. The van der Waals surface area contributed by atoms with Crippen molar-refractivity contribution in [1.82, 2.24) is 5.16 Å². The van der Waals surface area contributed by atoms with Gasteiger partial charge in [0.25, 0.3) is 0 Å². The minimum absolute atomic E-state index is 0.145. The van der Waals surface area contributed by atoms with Gasteiger partial charge in [-0.1, -0.05) is 17.3 Å². The van der Waals surface area contributed by atoms with Crippen molar-refractivity contribution in [3.63, 3.8) is 0 Å². The SMILES string of the molecule is CC1(C)Oc2ccccc2-c2onc(CO)c21. The summed E-state index contributed by atoms with van der Waals surface area (Å²) in [6.07, 6.45) is 0. The number of hydrogen-bond donors (Lipinski definition) is 1. The van der Waals surface area contributed by atoms with Gasteiger partial charge in [-0.3, -0.25) is 0 Å². The first-order valence-corrected chi connectivity index (χ1v) is 5.52. The molecule has 0 saturated carbocycles. The molecule has 0 fully saturated rings. The molecule has 1 aliphatic rings. The van der Waals surface area contributed by atoms with Crippen molar-refractivity contribution in [3.05, 3.63) is 35.5 Å². The smallest absolute Gasteiger partial charge is 0.178 e. The maximum Gasteiger partial charge on any atom is 0.178 e. The lowest BCUT2D eigenvalue weighted by Gasteiger charge is -2.31. The molecular weight excluding hydrogens is 218 g/mol. The number of para-hydroxylation sites is 1. The van der Waals surface area contributed by atoms with Gasteiger partial charge >= 0.3 is 0 Å². The molecule has 2 heterocycles. The van der Waals surface area contributed by atoms with Crippen molar-refractivity contribution < 1.29 is 14.4 Å². The molecule has 0 amide bonds. The van der Waals surface area contributed by atoms with Gasteiger partial charge in [0.05, 0.1) is 17.7 Å². The van der Waals surface area contributed by atoms with Crippen LogP contribution in [0.25, 0.3) is 11.3 Å². The van der Waals surface area contributed by atoms with E-state index >= 15 is 0 Å². The molecule has 0 aliphatic carbocycles. The fraction of sp³-hybridized carbons (Fsp3) is 0.308. The molecule has 1 N–H and O–H groups in total. The Bertz CT molecular complexity index is 572. The Morgan fingerprint density at radius 3 is 2.82 bits per heavy atom. The number of aromatic nitrogens is 1. The Morgan fingerprint density at radius 2 is 2.06 bits per heavy atom. The van der Waals surface area contributed by atoms with Crippen LogP contribution in [-0.4, -0.2) is 10.3 Å². The fourth-order valence-corrected chi connectivity index (χ4v) is 2.30. The molecule has 3 rings (SSSR count). The molecule has 1 aromatic heterocycles. The van der Waals surface area contributed by atoms with Crippen LogP contribution in [0.15, 0.2) is 28.8 Å². The highest BCUT2D eigenvalue weighted by atomic mass is 16.5. The quantitative estimate of drug-likeness (QED) is 0.819. The zero-order valence-electron chi connectivity index (χ0n) is 9.73. The minimum atomic E-state index is -0.540. The van der Waals surface area contributed by atoms with E-state index in [0.29, 0.717) is 11.5 Å². The number of fused-ring (bicyclic) bond motifs is 3. The lowest BCUT2D eigenvalue weighted by Crippen LogP contribution is -2.29. The summed E-state index contributed by atoms with van der Waals surface area (Å²) in [6.45, 7) is 3.74. The van der Waals surface area contributed by atoms with Crippen molar-refractivity contribution in [2.75, 3.05) is 0 Å². The summed E-state index contributed by atoms with van der Waals surface area (Å²) in [7, 11) is 0. The second-order valence-electron chi connectivity index (χ2n) is 4.60. The molecule has 88 valence electrons. The van der Waals surface area contributed by atoms with Crippen LogP contribution in [-0.2, 0) is 12.2 Å². The standard InChI is InChI=1S/C13H13NO3/c1-13(2)11-9(7-15)14-17-12(11)8-5-3-4-6-10(8)16-13/h3-6,15H,7H2,1-2H3. The van der Waals surface area contributed by atoms with Crippen molar-refractivity contribution in [2.24, 2.45) is 0 Å². The van der Waals surface area contributed by atoms with Crippen molar-refractivity contribution in [2.45, 2.75) is 26.1 Å². The van der Waals surface area contributed by atoms with E-state index < -0.39 is 5.60 Å². The van der Waals surface area contributed by atoms with Crippen molar-refractivity contribution in [3.8, 4) is 17.1 Å². The summed E-state index contributed by atoms with van der Waals surface area (Å²) in [5, 5.41) is 13.2. The third kappa shape index (κ3) is 1.37. The van der Waals surface area contributed by atoms with E-state index in [9.17, 15) is 5.11 Å². The Labute approximate surface area is 98.8 Å². The highest BCUT2D eigenvalue weighted by Crippen LogP contribution is 2.46. The van der Waals surface area contributed by atoms with Gasteiger partial charge < -0.3 is 14.4 Å². The lowest BCUT2D eigenvalue weighted by atomic mass is 9.90. The minimum Gasteiger partial charge on any atom is -0.482 e. The topological polar surface area (TPSA) is 55.5 Å². The van der Waals surface area contributed by atoms with E-state index in [4.69, 9.17) is 9.26 Å². The molecule has 0 saturated heterocycles. The van der Waals surface area contributed by atoms with Gasteiger partial charge in [-0.2, -0.15) is 0 Å². The number of aliphatic hydroxyl groups is 1. The van der Waals surface area contributed by atoms with Gasteiger partial charge in [0.1, 0.15) is 17.0 Å². The average Bonchev–Trinajstić information content (AvgIpc) is 2.73. The van der Waals surface area contributed by atoms with Crippen molar-refractivity contribution in [1.29, 1.82) is 0 Å². The number of rotatable bonds is 1. The molecule has 1 aliphatic heterocycles. The molecule has 0 spiro atoms. The summed E-state index contributed by atoms with van der Waals surface area (Å²) in [6, 6.07) is 7.67. The lowest BCUT2D eigenvalue weighted by molar-refractivity contribution is 0.102. The van der Waals surface area contributed by atoms with Gasteiger partial charge in [-0.15, -0.1) is 0 Å². The number of aliphatic hydroxyl groups excluding tert-OH is 1. The van der Waals surface area contributed by atoms with Crippen LogP contribution in [0.5, 0.6) is 5.75 Å². The molecule has 17 heavy (non-hydrogen) atoms. The maximum atomic E-state index is 9.28. The largest absolute Gasteiger partial charge is 0.482 e.